The van der Waals surface area contributed by atoms with Gasteiger partial charge in [-0.1, -0.05) is 6.07 Å². The Labute approximate surface area is 100 Å². The molecule has 0 aliphatic carbocycles. The maximum absolute atomic E-state index is 5.65. The third kappa shape index (κ3) is 3.50. The SMILES string of the molecule is CNC(C)c1ccc(OC(C)C)c(Br)c1. The lowest BCUT2D eigenvalue weighted by molar-refractivity contribution is 0.240. The van der Waals surface area contributed by atoms with Crippen molar-refractivity contribution in [1.82, 2.24) is 5.32 Å². The highest BCUT2D eigenvalue weighted by Crippen LogP contribution is 2.28. The molecule has 0 heterocycles. The zero-order valence-corrected chi connectivity index (χ0v) is 11.3. The predicted molar refractivity (Wildman–Crippen MR) is 67.4 cm³/mol. The van der Waals surface area contributed by atoms with Crippen LogP contribution in [0, 0.1) is 0 Å². The van der Waals surface area contributed by atoms with Crippen LogP contribution in [0.1, 0.15) is 32.4 Å². The molecule has 0 spiro atoms. The van der Waals surface area contributed by atoms with E-state index in [9.17, 15) is 0 Å². The molecule has 1 aromatic rings. The summed E-state index contributed by atoms with van der Waals surface area (Å²) in [4.78, 5) is 0. The molecule has 0 aromatic heterocycles. The monoisotopic (exact) mass is 271 g/mol. The fourth-order valence-electron chi connectivity index (χ4n) is 1.30. The maximum atomic E-state index is 5.65. The van der Waals surface area contributed by atoms with Crippen molar-refractivity contribution in [2.45, 2.75) is 32.9 Å². The van der Waals surface area contributed by atoms with Gasteiger partial charge in [-0.3, -0.25) is 0 Å². The number of hydrogen-bond acceptors (Lipinski definition) is 2. The van der Waals surface area contributed by atoms with Gasteiger partial charge in [-0.2, -0.15) is 0 Å². The Balaban J connectivity index is 2.88. The van der Waals surface area contributed by atoms with E-state index in [4.69, 9.17) is 4.74 Å². The Kier molecular flexibility index (Phi) is 4.61. The minimum Gasteiger partial charge on any atom is -0.490 e. The molecular formula is C12H18BrNO. The Bertz CT molecular complexity index is 325. The third-order valence-corrected chi connectivity index (χ3v) is 2.87. The molecule has 1 aromatic carbocycles. The first-order valence-electron chi connectivity index (χ1n) is 5.18. The fraction of sp³-hybridized carbons (Fsp3) is 0.500. The molecule has 2 nitrogen and oxygen atoms in total. The van der Waals surface area contributed by atoms with Crippen molar-refractivity contribution in [3.8, 4) is 5.75 Å². The second-order valence-corrected chi connectivity index (χ2v) is 4.72. The number of ether oxygens (including phenoxy) is 1. The van der Waals surface area contributed by atoms with E-state index >= 15 is 0 Å². The summed E-state index contributed by atoms with van der Waals surface area (Å²) in [7, 11) is 1.96. The number of benzene rings is 1. The van der Waals surface area contributed by atoms with E-state index in [1.165, 1.54) is 5.56 Å². The van der Waals surface area contributed by atoms with Gasteiger partial charge in [0.15, 0.2) is 0 Å². The van der Waals surface area contributed by atoms with E-state index in [0.717, 1.165) is 10.2 Å². The first-order chi connectivity index (χ1) is 7.04. The first kappa shape index (κ1) is 12.5. The molecule has 0 saturated carbocycles. The van der Waals surface area contributed by atoms with Crippen LogP contribution in [0.5, 0.6) is 5.75 Å². The molecule has 1 rings (SSSR count). The summed E-state index contributed by atoms with van der Waals surface area (Å²) >= 11 is 3.52. The average molecular weight is 272 g/mol. The molecule has 1 atom stereocenters. The summed E-state index contributed by atoms with van der Waals surface area (Å²) in [6, 6.07) is 6.55. The van der Waals surface area contributed by atoms with Crippen LogP contribution in [0.2, 0.25) is 0 Å². The van der Waals surface area contributed by atoms with E-state index in [1.807, 2.05) is 27.0 Å². The van der Waals surface area contributed by atoms with Crippen molar-refractivity contribution >= 4 is 15.9 Å². The van der Waals surface area contributed by atoms with Gasteiger partial charge < -0.3 is 10.1 Å². The molecule has 84 valence electrons. The van der Waals surface area contributed by atoms with Gasteiger partial charge in [0.2, 0.25) is 0 Å². The zero-order chi connectivity index (χ0) is 11.4. The van der Waals surface area contributed by atoms with Gasteiger partial charge in [0.1, 0.15) is 5.75 Å². The van der Waals surface area contributed by atoms with Crippen LogP contribution in [0.25, 0.3) is 0 Å². The normalized spacial score (nSPS) is 12.9. The largest absolute Gasteiger partial charge is 0.490 e. The van der Waals surface area contributed by atoms with Crippen LogP contribution in [0.4, 0.5) is 0 Å². The van der Waals surface area contributed by atoms with Gasteiger partial charge in [-0.15, -0.1) is 0 Å². The van der Waals surface area contributed by atoms with Gasteiger partial charge in [-0.25, -0.2) is 0 Å². The Morgan fingerprint density at radius 3 is 2.40 bits per heavy atom. The van der Waals surface area contributed by atoms with E-state index < -0.39 is 0 Å². The molecule has 0 amide bonds. The predicted octanol–water partition coefficient (Wildman–Crippen LogP) is 3.52. The molecular weight excluding hydrogens is 254 g/mol. The summed E-state index contributed by atoms with van der Waals surface area (Å²) in [5, 5.41) is 3.21. The smallest absolute Gasteiger partial charge is 0.133 e. The fourth-order valence-corrected chi connectivity index (χ4v) is 1.79. The summed E-state index contributed by atoms with van der Waals surface area (Å²) in [6.07, 6.45) is 0.203. The number of halogens is 1. The highest BCUT2D eigenvalue weighted by atomic mass is 79.9. The van der Waals surface area contributed by atoms with Crippen molar-refractivity contribution in [3.63, 3.8) is 0 Å². The summed E-state index contributed by atoms with van der Waals surface area (Å²) in [5.41, 5.74) is 1.25. The number of rotatable bonds is 4. The van der Waals surface area contributed by atoms with Gasteiger partial charge >= 0.3 is 0 Å². The second kappa shape index (κ2) is 5.52. The lowest BCUT2D eigenvalue weighted by Crippen LogP contribution is -2.12. The Hall–Kier alpha value is -0.540. The van der Waals surface area contributed by atoms with E-state index in [1.54, 1.807) is 0 Å². The van der Waals surface area contributed by atoms with Crippen molar-refractivity contribution in [1.29, 1.82) is 0 Å². The van der Waals surface area contributed by atoms with E-state index in [0.29, 0.717) is 6.04 Å². The molecule has 15 heavy (non-hydrogen) atoms. The van der Waals surface area contributed by atoms with Gasteiger partial charge in [-0.05, 0) is 61.4 Å². The lowest BCUT2D eigenvalue weighted by atomic mass is 10.1. The lowest BCUT2D eigenvalue weighted by Gasteiger charge is -2.15. The summed E-state index contributed by atoms with van der Waals surface area (Å²) in [6.45, 7) is 6.18. The van der Waals surface area contributed by atoms with Crippen LogP contribution >= 0.6 is 15.9 Å². The molecule has 0 aliphatic rings. The Morgan fingerprint density at radius 2 is 1.93 bits per heavy atom. The van der Waals surface area contributed by atoms with Crippen molar-refractivity contribution in [3.05, 3.63) is 28.2 Å². The first-order valence-corrected chi connectivity index (χ1v) is 5.97. The highest BCUT2D eigenvalue weighted by Gasteiger charge is 2.07. The van der Waals surface area contributed by atoms with Crippen LogP contribution < -0.4 is 10.1 Å². The number of hydrogen-bond donors (Lipinski definition) is 1. The quantitative estimate of drug-likeness (QED) is 0.905. The van der Waals surface area contributed by atoms with Gasteiger partial charge in [0, 0.05) is 6.04 Å². The van der Waals surface area contributed by atoms with Crippen LogP contribution in [0.3, 0.4) is 0 Å². The van der Waals surface area contributed by atoms with Crippen molar-refractivity contribution < 1.29 is 4.74 Å². The molecule has 0 aliphatic heterocycles. The van der Waals surface area contributed by atoms with Crippen LogP contribution in [-0.2, 0) is 0 Å². The van der Waals surface area contributed by atoms with Gasteiger partial charge in [0.25, 0.3) is 0 Å². The molecule has 0 bridgehead atoms. The molecule has 0 saturated heterocycles. The third-order valence-electron chi connectivity index (χ3n) is 2.25. The standard InChI is InChI=1S/C12H18BrNO/c1-8(2)15-12-6-5-10(7-11(12)13)9(3)14-4/h5-9,14H,1-4H3. The minimum atomic E-state index is 0.203. The van der Waals surface area contributed by atoms with E-state index in [2.05, 4.69) is 40.3 Å². The molecule has 1 unspecified atom stereocenters. The van der Waals surface area contributed by atoms with E-state index in [-0.39, 0.29) is 6.10 Å². The highest BCUT2D eigenvalue weighted by molar-refractivity contribution is 9.10. The van der Waals surface area contributed by atoms with Crippen molar-refractivity contribution in [2.24, 2.45) is 0 Å². The van der Waals surface area contributed by atoms with Gasteiger partial charge in [0.05, 0.1) is 10.6 Å². The van der Waals surface area contributed by atoms with Crippen LogP contribution in [0.15, 0.2) is 22.7 Å². The second-order valence-electron chi connectivity index (χ2n) is 3.87. The molecule has 1 N–H and O–H groups in total. The topological polar surface area (TPSA) is 21.3 Å². The zero-order valence-electron chi connectivity index (χ0n) is 9.67. The molecule has 3 heteroatoms. The van der Waals surface area contributed by atoms with Crippen molar-refractivity contribution in [2.75, 3.05) is 7.05 Å². The summed E-state index contributed by atoms with van der Waals surface area (Å²) < 4.78 is 6.66. The maximum Gasteiger partial charge on any atom is 0.133 e. The number of nitrogens with one attached hydrogen (secondary N) is 1. The minimum absolute atomic E-state index is 0.203. The summed E-state index contributed by atoms with van der Waals surface area (Å²) in [5.74, 6) is 0.900. The average Bonchev–Trinajstić information content (AvgIpc) is 2.19. The Morgan fingerprint density at radius 1 is 1.27 bits per heavy atom. The molecule has 0 fully saturated rings. The molecule has 0 radical (unpaired) electrons. The van der Waals surface area contributed by atoms with Crippen LogP contribution in [-0.4, -0.2) is 13.2 Å².